The fraction of sp³-hybridized carbons (Fsp3) is 0.533. The van der Waals surface area contributed by atoms with Gasteiger partial charge in [-0.25, -0.2) is 0 Å². The molecule has 19 heavy (non-hydrogen) atoms. The molecule has 3 atom stereocenters. The van der Waals surface area contributed by atoms with E-state index in [1.807, 2.05) is 0 Å². The smallest absolute Gasteiger partial charge is 0.226 e. The second kappa shape index (κ2) is 5.25. The lowest BCUT2D eigenvalue weighted by Gasteiger charge is -2.34. The highest BCUT2D eigenvalue weighted by Gasteiger charge is 2.46. The summed E-state index contributed by atoms with van der Waals surface area (Å²) in [4.78, 5) is 14.6. The third-order valence-corrected chi connectivity index (χ3v) is 4.72. The molecule has 4 heteroatoms. The van der Waals surface area contributed by atoms with Gasteiger partial charge in [-0.2, -0.15) is 0 Å². The van der Waals surface area contributed by atoms with E-state index in [9.17, 15) is 4.79 Å². The van der Waals surface area contributed by atoms with Gasteiger partial charge < -0.3 is 10.2 Å². The number of amides is 1. The summed E-state index contributed by atoms with van der Waals surface area (Å²) in [7, 11) is 0. The van der Waals surface area contributed by atoms with Crippen LogP contribution in [-0.2, 0) is 4.79 Å². The average molecular weight is 323 g/mol. The number of hydrogen-bond donors (Lipinski definition) is 1. The van der Waals surface area contributed by atoms with Crippen LogP contribution in [0, 0.1) is 5.92 Å². The average Bonchev–Trinajstić information content (AvgIpc) is 3.20. The van der Waals surface area contributed by atoms with E-state index < -0.39 is 0 Å². The Morgan fingerprint density at radius 1 is 1.37 bits per heavy atom. The first-order valence-corrected chi connectivity index (χ1v) is 7.73. The first-order valence-electron chi connectivity index (χ1n) is 6.93. The second-order valence-corrected chi connectivity index (χ2v) is 6.50. The number of benzene rings is 1. The first kappa shape index (κ1) is 13.1. The highest BCUT2D eigenvalue weighted by atomic mass is 79.9. The monoisotopic (exact) mass is 322 g/mol. The summed E-state index contributed by atoms with van der Waals surface area (Å²) in [6.45, 7) is 4.82. The number of nitrogens with zero attached hydrogens (tertiary/aromatic N) is 1. The van der Waals surface area contributed by atoms with E-state index in [0.29, 0.717) is 17.9 Å². The molecular formula is C15H19BrN2O. The zero-order valence-electron chi connectivity index (χ0n) is 11.1. The van der Waals surface area contributed by atoms with Gasteiger partial charge in [0.1, 0.15) is 0 Å². The molecule has 1 N–H and O–H groups in total. The molecule has 1 amide bonds. The number of halogens is 1. The predicted molar refractivity (Wildman–Crippen MR) is 79.0 cm³/mol. The molecule has 0 aromatic heterocycles. The number of nitrogens with one attached hydrogen (secondary N) is 1. The maximum Gasteiger partial charge on any atom is 0.226 e. The number of carbonyl (C=O) groups is 1. The molecule has 0 unspecified atom stereocenters. The van der Waals surface area contributed by atoms with Gasteiger partial charge in [0.25, 0.3) is 0 Å². The van der Waals surface area contributed by atoms with Crippen molar-refractivity contribution >= 4 is 21.8 Å². The van der Waals surface area contributed by atoms with Crippen LogP contribution >= 0.6 is 15.9 Å². The van der Waals surface area contributed by atoms with Crippen molar-refractivity contribution in [3.8, 4) is 0 Å². The van der Waals surface area contributed by atoms with Crippen LogP contribution in [0.5, 0.6) is 0 Å². The van der Waals surface area contributed by atoms with Crippen LogP contribution < -0.4 is 5.32 Å². The number of carbonyl (C=O) groups excluding carboxylic acids is 1. The zero-order chi connectivity index (χ0) is 13.4. The van der Waals surface area contributed by atoms with E-state index in [1.54, 1.807) is 0 Å². The Hall–Kier alpha value is -0.870. The molecule has 2 fully saturated rings. The van der Waals surface area contributed by atoms with Gasteiger partial charge >= 0.3 is 0 Å². The molecule has 1 heterocycles. The lowest BCUT2D eigenvalue weighted by molar-refractivity contribution is -0.135. The van der Waals surface area contributed by atoms with Gasteiger partial charge in [-0.15, -0.1) is 0 Å². The normalized spacial score (nSPS) is 30.2. The Labute approximate surface area is 122 Å². The van der Waals surface area contributed by atoms with Gasteiger partial charge in [-0.3, -0.25) is 4.79 Å². The highest BCUT2D eigenvalue weighted by molar-refractivity contribution is 9.10. The lowest BCUT2D eigenvalue weighted by Crippen LogP contribution is -2.52. The Morgan fingerprint density at radius 2 is 2.11 bits per heavy atom. The van der Waals surface area contributed by atoms with Crippen LogP contribution in [0.2, 0.25) is 0 Å². The molecule has 1 aromatic rings. The Kier molecular flexibility index (Phi) is 3.63. The van der Waals surface area contributed by atoms with Crippen molar-refractivity contribution in [2.24, 2.45) is 5.92 Å². The maximum absolute atomic E-state index is 12.5. The summed E-state index contributed by atoms with van der Waals surface area (Å²) in [5, 5.41) is 3.33. The molecule has 1 aliphatic carbocycles. The van der Waals surface area contributed by atoms with Crippen molar-refractivity contribution in [3.63, 3.8) is 0 Å². The molecule has 1 saturated heterocycles. The molecule has 0 bridgehead atoms. The minimum atomic E-state index is 0.210. The van der Waals surface area contributed by atoms with Crippen molar-refractivity contribution in [2.45, 2.75) is 25.3 Å². The molecule has 1 aliphatic heterocycles. The second-order valence-electron chi connectivity index (χ2n) is 5.59. The van der Waals surface area contributed by atoms with Crippen LogP contribution in [0.3, 0.4) is 0 Å². The van der Waals surface area contributed by atoms with Gasteiger partial charge in [0.15, 0.2) is 0 Å². The number of piperazine rings is 1. The van der Waals surface area contributed by atoms with E-state index >= 15 is 0 Å². The van der Waals surface area contributed by atoms with Crippen LogP contribution in [0.4, 0.5) is 0 Å². The van der Waals surface area contributed by atoms with E-state index in [0.717, 1.165) is 30.5 Å². The third-order valence-electron chi connectivity index (χ3n) is 4.19. The van der Waals surface area contributed by atoms with Crippen LogP contribution in [0.1, 0.15) is 24.8 Å². The first-order chi connectivity index (χ1) is 9.16. The van der Waals surface area contributed by atoms with E-state index in [-0.39, 0.29) is 5.92 Å². The van der Waals surface area contributed by atoms with Crippen molar-refractivity contribution in [1.82, 2.24) is 10.2 Å². The molecule has 3 nitrogen and oxygen atoms in total. The molecule has 102 valence electrons. The highest BCUT2D eigenvalue weighted by Crippen LogP contribution is 2.48. The van der Waals surface area contributed by atoms with E-state index in [2.05, 4.69) is 57.3 Å². The Morgan fingerprint density at radius 3 is 2.79 bits per heavy atom. The van der Waals surface area contributed by atoms with Gasteiger partial charge in [0.05, 0.1) is 0 Å². The Balaban J connectivity index is 1.65. The summed E-state index contributed by atoms with van der Waals surface area (Å²) in [5.74, 6) is 0.992. The van der Waals surface area contributed by atoms with Gasteiger partial charge in [0, 0.05) is 36.1 Å². The third kappa shape index (κ3) is 2.70. The summed E-state index contributed by atoms with van der Waals surface area (Å²) < 4.78 is 1.09. The largest absolute Gasteiger partial charge is 0.337 e. The van der Waals surface area contributed by atoms with Crippen LogP contribution in [-0.4, -0.2) is 36.5 Å². The standard InChI is InChI=1S/C15H19BrN2O/c1-10-9-17-6-7-18(10)15(19)14-8-13(14)11-2-4-12(16)5-3-11/h2-5,10,13-14,17H,6-9H2,1H3/t10-,13-,14-/m1/s1. The van der Waals surface area contributed by atoms with Crippen LogP contribution in [0.15, 0.2) is 28.7 Å². The topological polar surface area (TPSA) is 32.3 Å². The molecule has 0 radical (unpaired) electrons. The predicted octanol–water partition coefficient (Wildman–Crippen LogP) is 2.37. The quantitative estimate of drug-likeness (QED) is 0.906. The van der Waals surface area contributed by atoms with Gasteiger partial charge in [-0.1, -0.05) is 28.1 Å². The van der Waals surface area contributed by atoms with Crippen molar-refractivity contribution in [1.29, 1.82) is 0 Å². The number of rotatable bonds is 2. The Bertz CT molecular complexity index is 474. The lowest BCUT2D eigenvalue weighted by atomic mass is 10.1. The summed E-state index contributed by atoms with van der Waals surface area (Å²) in [6.07, 6.45) is 1.01. The number of hydrogen-bond acceptors (Lipinski definition) is 2. The maximum atomic E-state index is 12.5. The molecule has 2 aliphatic rings. The molecule has 1 aromatic carbocycles. The summed E-state index contributed by atoms with van der Waals surface area (Å²) in [5.41, 5.74) is 1.30. The fourth-order valence-corrected chi connectivity index (χ4v) is 3.19. The van der Waals surface area contributed by atoms with Gasteiger partial charge in [-0.05, 0) is 37.0 Å². The van der Waals surface area contributed by atoms with E-state index in [1.165, 1.54) is 5.56 Å². The minimum absolute atomic E-state index is 0.210. The van der Waals surface area contributed by atoms with Crippen molar-refractivity contribution in [2.75, 3.05) is 19.6 Å². The van der Waals surface area contributed by atoms with Crippen molar-refractivity contribution < 1.29 is 4.79 Å². The minimum Gasteiger partial charge on any atom is -0.337 e. The molecular weight excluding hydrogens is 304 g/mol. The van der Waals surface area contributed by atoms with Crippen molar-refractivity contribution in [3.05, 3.63) is 34.3 Å². The zero-order valence-corrected chi connectivity index (χ0v) is 12.7. The van der Waals surface area contributed by atoms with E-state index in [4.69, 9.17) is 0 Å². The summed E-state index contributed by atoms with van der Waals surface area (Å²) >= 11 is 3.45. The molecule has 3 rings (SSSR count). The molecule has 1 saturated carbocycles. The molecule has 0 spiro atoms. The fourth-order valence-electron chi connectivity index (χ4n) is 2.93. The summed E-state index contributed by atoms with van der Waals surface area (Å²) in [6, 6.07) is 8.70. The van der Waals surface area contributed by atoms with Crippen LogP contribution in [0.25, 0.3) is 0 Å². The van der Waals surface area contributed by atoms with Gasteiger partial charge in [0.2, 0.25) is 5.91 Å². The SMILES string of the molecule is C[C@@H]1CNCCN1C(=O)[C@@H]1C[C@@H]1c1ccc(Br)cc1.